The molecule has 0 spiro atoms. The second-order valence-corrected chi connectivity index (χ2v) is 6.33. The van der Waals surface area contributed by atoms with E-state index in [1.807, 2.05) is 0 Å². The van der Waals surface area contributed by atoms with Crippen LogP contribution in [0, 0.1) is 11.6 Å². The molecule has 1 aromatic rings. The molecular weight excluding hydrogens is 284 g/mol. The number of likely N-dealkylation sites (tertiary alicyclic amines) is 1. The van der Waals surface area contributed by atoms with Crippen LogP contribution in [0.3, 0.4) is 0 Å². The molecule has 5 heteroatoms. The van der Waals surface area contributed by atoms with E-state index in [0.29, 0.717) is 5.56 Å². The predicted molar refractivity (Wildman–Crippen MR) is 83.8 cm³/mol. The molecule has 2 fully saturated rings. The Hall–Kier alpha value is -1.04. The third-order valence-corrected chi connectivity index (χ3v) is 4.79. The van der Waals surface area contributed by atoms with E-state index in [1.54, 1.807) is 0 Å². The van der Waals surface area contributed by atoms with Crippen LogP contribution in [0.15, 0.2) is 18.2 Å². The van der Waals surface area contributed by atoms with Crippen LogP contribution in [0.1, 0.15) is 30.9 Å². The van der Waals surface area contributed by atoms with Gasteiger partial charge in [0.2, 0.25) is 0 Å². The molecule has 3 nitrogen and oxygen atoms in total. The summed E-state index contributed by atoms with van der Waals surface area (Å²) in [7, 11) is 0. The highest BCUT2D eigenvalue weighted by Crippen LogP contribution is 2.28. The zero-order valence-electron chi connectivity index (χ0n) is 13.0. The lowest BCUT2D eigenvalue weighted by Gasteiger charge is -2.39. The van der Waals surface area contributed by atoms with Crippen molar-refractivity contribution in [2.45, 2.75) is 25.3 Å². The molecule has 22 heavy (non-hydrogen) atoms. The summed E-state index contributed by atoms with van der Waals surface area (Å²) in [4.78, 5) is 4.70. The molecule has 1 aromatic carbocycles. The Bertz CT molecular complexity index is 483. The molecule has 3 rings (SSSR count). The van der Waals surface area contributed by atoms with Gasteiger partial charge in [-0.2, -0.15) is 0 Å². The fraction of sp³-hybridized carbons (Fsp3) is 0.647. The Morgan fingerprint density at radius 2 is 1.73 bits per heavy atom. The summed E-state index contributed by atoms with van der Waals surface area (Å²) in [6.45, 7) is 6.63. The number of rotatable bonds is 4. The van der Waals surface area contributed by atoms with E-state index in [0.717, 1.165) is 58.7 Å². The third kappa shape index (κ3) is 3.83. The van der Waals surface area contributed by atoms with Gasteiger partial charge in [-0.15, -0.1) is 0 Å². The van der Waals surface area contributed by atoms with Crippen LogP contribution < -0.4 is 5.32 Å². The standard InChI is InChI=1S/C17H25F2N3/c18-14-4-5-16(19)15(12-14)17(22-8-2-1-3-9-22)13-21-10-6-20-7-11-21/h4-5,12,17,20H,1-3,6-11,13H2. The molecule has 2 saturated heterocycles. The monoisotopic (exact) mass is 309 g/mol. The fourth-order valence-corrected chi connectivity index (χ4v) is 3.55. The van der Waals surface area contributed by atoms with Gasteiger partial charge in [0.15, 0.2) is 0 Å². The van der Waals surface area contributed by atoms with Crippen LogP contribution in [-0.2, 0) is 0 Å². The van der Waals surface area contributed by atoms with E-state index in [2.05, 4.69) is 15.1 Å². The summed E-state index contributed by atoms with van der Waals surface area (Å²) in [6, 6.07) is 3.81. The summed E-state index contributed by atoms with van der Waals surface area (Å²) in [6.07, 6.45) is 3.53. The zero-order valence-corrected chi connectivity index (χ0v) is 13.0. The summed E-state index contributed by atoms with van der Waals surface area (Å²) >= 11 is 0. The largest absolute Gasteiger partial charge is 0.314 e. The smallest absolute Gasteiger partial charge is 0.128 e. The first-order valence-corrected chi connectivity index (χ1v) is 8.36. The van der Waals surface area contributed by atoms with Gasteiger partial charge in [0.05, 0.1) is 6.04 Å². The molecule has 0 amide bonds. The minimum atomic E-state index is -0.348. The second kappa shape index (κ2) is 7.49. The molecule has 0 radical (unpaired) electrons. The van der Waals surface area contributed by atoms with Crippen molar-refractivity contribution in [2.75, 3.05) is 45.8 Å². The first kappa shape index (κ1) is 15.8. The highest BCUT2D eigenvalue weighted by Gasteiger charge is 2.27. The summed E-state index contributed by atoms with van der Waals surface area (Å²) in [5.41, 5.74) is 0.514. The third-order valence-electron chi connectivity index (χ3n) is 4.79. The van der Waals surface area contributed by atoms with Crippen LogP contribution >= 0.6 is 0 Å². The van der Waals surface area contributed by atoms with Crippen molar-refractivity contribution in [3.05, 3.63) is 35.4 Å². The highest BCUT2D eigenvalue weighted by atomic mass is 19.1. The number of piperazine rings is 1. The Morgan fingerprint density at radius 1 is 1.00 bits per heavy atom. The lowest BCUT2D eigenvalue weighted by Crippen LogP contribution is -2.48. The average molecular weight is 309 g/mol. The molecule has 0 bridgehead atoms. The van der Waals surface area contributed by atoms with Gasteiger partial charge in [-0.05, 0) is 44.1 Å². The van der Waals surface area contributed by atoms with E-state index in [9.17, 15) is 8.78 Å². The van der Waals surface area contributed by atoms with Gasteiger partial charge in [0.1, 0.15) is 11.6 Å². The molecule has 0 aromatic heterocycles. The van der Waals surface area contributed by atoms with Gasteiger partial charge < -0.3 is 5.32 Å². The van der Waals surface area contributed by atoms with Gasteiger partial charge >= 0.3 is 0 Å². The van der Waals surface area contributed by atoms with Crippen LogP contribution in [0.5, 0.6) is 0 Å². The quantitative estimate of drug-likeness (QED) is 0.921. The molecule has 122 valence electrons. The van der Waals surface area contributed by atoms with Gasteiger partial charge in [0, 0.05) is 38.3 Å². The first-order chi connectivity index (χ1) is 10.7. The molecule has 2 heterocycles. The Labute approximate surface area is 131 Å². The lowest BCUT2D eigenvalue weighted by molar-refractivity contribution is 0.109. The van der Waals surface area contributed by atoms with E-state index >= 15 is 0 Å². The molecule has 1 N–H and O–H groups in total. The fourth-order valence-electron chi connectivity index (χ4n) is 3.55. The predicted octanol–water partition coefficient (Wildman–Crippen LogP) is 2.40. The normalized spacial score (nSPS) is 22.6. The Morgan fingerprint density at radius 3 is 2.45 bits per heavy atom. The van der Waals surface area contributed by atoms with Crippen molar-refractivity contribution in [3.8, 4) is 0 Å². The minimum Gasteiger partial charge on any atom is -0.314 e. The van der Waals surface area contributed by atoms with Crippen molar-refractivity contribution in [2.24, 2.45) is 0 Å². The van der Waals surface area contributed by atoms with Gasteiger partial charge in [-0.25, -0.2) is 8.78 Å². The van der Waals surface area contributed by atoms with Crippen LogP contribution in [0.25, 0.3) is 0 Å². The van der Waals surface area contributed by atoms with Gasteiger partial charge in [-0.3, -0.25) is 9.80 Å². The highest BCUT2D eigenvalue weighted by molar-refractivity contribution is 5.23. The number of piperidine rings is 1. The van der Waals surface area contributed by atoms with Crippen molar-refractivity contribution in [1.82, 2.24) is 15.1 Å². The maximum absolute atomic E-state index is 14.3. The van der Waals surface area contributed by atoms with E-state index in [1.165, 1.54) is 24.6 Å². The van der Waals surface area contributed by atoms with Crippen molar-refractivity contribution in [3.63, 3.8) is 0 Å². The van der Waals surface area contributed by atoms with E-state index in [-0.39, 0.29) is 17.7 Å². The van der Waals surface area contributed by atoms with Crippen molar-refractivity contribution >= 4 is 0 Å². The molecule has 2 aliphatic heterocycles. The van der Waals surface area contributed by atoms with Gasteiger partial charge in [0.25, 0.3) is 0 Å². The number of hydrogen-bond acceptors (Lipinski definition) is 3. The maximum Gasteiger partial charge on any atom is 0.128 e. The van der Waals surface area contributed by atoms with E-state index < -0.39 is 0 Å². The first-order valence-electron chi connectivity index (χ1n) is 8.36. The molecular formula is C17H25F2N3. The Kier molecular flexibility index (Phi) is 5.39. The number of halogens is 2. The average Bonchev–Trinajstić information content (AvgIpc) is 2.57. The summed E-state index contributed by atoms with van der Waals surface area (Å²) in [5, 5.41) is 3.34. The molecule has 2 aliphatic rings. The van der Waals surface area contributed by atoms with E-state index in [4.69, 9.17) is 0 Å². The second-order valence-electron chi connectivity index (χ2n) is 6.33. The molecule has 1 unspecified atom stereocenters. The van der Waals surface area contributed by atoms with Crippen LogP contribution in [0.4, 0.5) is 8.78 Å². The lowest BCUT2D eigenvalue weighted by atomic mass is 10.00. The van der Waals surface area contributed by atoms with Crippen LogP contribution in [-0.4, -0.2) is 55.6 Å². The number of benzene rings is 1. The number of nitrogens with zero attached hydrogens (tertiary/aromatic N) is 2. The maximum atomic E-state index is 14.3. The van der Waals surface area contributed by atoms with Gasteiger partial charge in [-0.1, -0.05) is 6.42 Å². The summed E-state index contributed by atoms with van der Waals surface area (Å²) < 4.78 is 27.9. The van der Waals surface area contributed by atoms with Crippen molar-refractivity contribution in [1.29, 1.82) is 0 Å². The zero-order chi connectivity index (χ0) is 15.4. The van der Waals surface area contributed by atoms with Crippen LogP contribution in [0.2, 0.25) is 0 Å². The number of nitrogens with one attached hydrogen (secondary N) is 1. The molecule has 0 aliphatic carbocycles. The molecule has 0 saturated carbocycles. The molecule has 1 atom stereocenters. The number of hydrogen-bond donors (Lipinski definition) is 1. The summed E-state index contributed by atoms with van der Waals surface area (Å²) in [5.74, 6) is -0.633. The Balaban J connectivity index is 1.82. The van der Waals surface area contributed by atoms with Crippen molar-refractivity contribution < 1.29 is 8.78 Å². The minimum absolute atomic E-state index is 0.0471. The SMILES string of the molecule is Fc1ccc(F)c(C(CN2CCNCC2)N2CCCCC2)c1. The topological polar surface area (TPSA) is 18.5 Å².